The number of hydrogen-bond donors (Lipinski definition) is 3. The van der Waals surface area contributed by atoms with Crippen molar-refractivity contribution in [2.45, 2.75) is 51.6 Å². The summed E-state index contributed by atoms with van der Waals surface area (Å²) in [5.74, 6) is -0.194. The van der Waals surface area contributed by atoms with E-state index < -0.39 is 0 Å². The summed E-state index contributed by atoms with van der Waals surface area (Å²) in [5.41, 5.74) is 0.940. The van der Waals surface area contributed by atoms with Gasteiger partial charge in [-0.05, 0) is 37.0 Å². The second kappa shape index (κ2) is 7.17. The third-order valence-electron chi connectivity index (χ3n) is 2.95. The molecule has 1 atom stereocenters. The molecular formula is C14H22O3. The molecule has 0 heterocycles. The summed E-state index contributed by atoms with van der Waals surface area (Å²) in [5, 5.41) is 28.2. The number of aliphatic hydroxyl groups excluding tert-OH is 1. The van der Waals surface area contributed by atoms with Gasteiger partial charge in [0, 0.05) is 0 Å². The lowest BCUT2D eigenvalue weighted by molar-refractivity contribution is 0.151. The molecule has 3 N–H and O–H groups in total. The Kier molecular flexibility index (Phi) is 5.84. The zero-order valence-electron chi connectivity index (χ0n) is 10.4. The Morgan fingerprint density at radius 2 is 1.82 bits per heavy atom. The average Bonchev–Trinajstić information content (AvgIpc) is 2.31. The molecule has 1 aromatic carbocycles. The van der Waals surface area contributed by atoms with E-state index in [4.69, 9.17) is 5.11 Å². The van der Waals surface area contributed by atoms with E-state index in [2.05, 4.69) is 6.92 Å². The van der Waals surface area contributed by atoms with Crippen LogP contribution in [0.25, 0.3) is 0 Å². The number of aryl methyl sites for hydroxylation is 1. The van der Waals surface area contributed by atoms with Gasteiger partial charge in [0.05, 0.1) is 6.10 Å². The first kappa shape index (κ1) is 13.8. The van der Waals surface area contributed by atoms with Crippen molar-refractivity contribution in [2.75, 3.05) is 0 Å². The number of aromatic hydroxyl groups is 2. The number of unbranched alkanes of at least 4 members (excludes halogenated alkanes) is 2. The average molecular weight is 238 g/mol. The fourth-order valence-corrected chi connectivity index (χ4v) is 1.83. The molecule has 0 aliphatic rings. The van der Waals surface area contributed by atoms with Crippen LogP contribution >= 0.6 is 0 Å². The quantitative estimate of drug-likeness (QED) is 0.505. The van der Waals surface area contributed by atoms with E-state index >= 15 is 0 Å². The molecule has 96 valence electrons. The molecule has 0 bridgehead atoms. The highest BCUT2D eigenvalue weighted by atomic mass is 16.3. The third-order valence-corrected chi connectivity index (χ3v) is 2.95. The van der Waals surface area contributed by atoms with Crippen LogP contribution in [0.1, 0.15) is 44.6 Å². The van der Waals surface area contributed by atoms with Crippen LogP contribution in [0, 0.1) is 0 Å². The lowest BCUT2D eigenvalue weighted by Gasteiger charge is -2.10. The fraction of sp³-hybridized carbons (Fsp3) is 0.571. The molecule has 3 nitrogen and oxygen atoms in total. The van der Waals surface area contributed by atoms with Crippen molar-refractivity contribution in [1.82, 2.24) is 0 Å². The maximum Gasteiger partial charge on any atom is 0.157 e. The molecule has 3 heteroatoms. The summed E-state index contributed by atoms with van der Waals surface area (Å²) in [4.78, 5) is 0. The van der Waals surface area contributed by atoms with Crippen LogP contribution in [0.3, 0.4) is 0 Å². The number of phenolic OH excluding ortho intramolecular Hbond substituents is 2. The lowest BCUT2D eigenvalue weighted by Crippen LogP contribution is -2.07. The van der Waals surface area contributed by atoms with Crippen LogP contribution < -0.4 is 0 Å². The zero-order chi connectivity index (χ0) is 12.7. The van der Waals surface area contributed by atoms with Gasteiger partial charge in [0.15, 0.2) is 11.5 Å². The van der Waals surface area contributed by atoms with Gasteiger partial charge in [0.2, 0.25) is 0 Å². The van der Waals surface area contributed by atoms with Gasteiger partial charge < -0.3 is 15.3 Å². The molecule has 0 fully saturated rings. The number of hydrogen-bond acceptors (Lipinski definition) is 3. The van der Waals surface area contributed by atoms with Crippen LogP contribution in [0.2, 0.25) is 0 Å². The van der Waals surface area contributed by atoms with Gasteiger partial charge in [-0.1, -0.05) is 32.3 Å². The molecule has 1 rings (SSSR count). The Morgan fingerprint density at radius 3 is 2.47 bits per heavy atom. The topological polar surface area (TPSA) is 60.7 Å². The minimum Gasteiger partial charge on any atom is -0.504 e. The van der Waals surface area contributed by atoms with Crippen molar-refractivity contribution < 1.29 is 15.3 Å². The van der Waals surface area contributed by atoms with E-state index in [1.165, 1.54) is 12.5 Å². The first-order valence-corrected chi connectivity index (χ1v) is 6.32. The van der Waals surface area contributed by atoms with Gasteiger partial charge >= 0.3 is 0 Å². The normalized spacial score (nSPS) is 12.6. The van der Waals surface area contributed by atoms with Gasteiger partial charge in [-0.25, -0.2) is 0 Å². The van der Waals surface area contributed by atoms with Crippen molar-refractivity contribution in [2.24, 2.45) is 0 Å². The maximum atomic E-state index is 9.75. The van der Waals surface area contributed by atoms with Gasteiger partial charge in [-0.3, -0.25) is 0 Å². The highest BCUT2D eigenvalue weighted by molar-refractivity contribution is 5.40. The minimum absolute atomic E-state index is 0.0945. The molecule has 0 radical (unpaired) electrons. The smallest absolute Gasteiger partial charge is 0.157 e. The first-order chi connectivity index (χ1) is 8.13. The number of aliphatic hydroxyl groups is 1. The first-order valence-electron chi connectivity index (χ1n) is 6.32. The van der Waals surface area contributed by atoms with Crippen LogP contribution in [0.15, 0.2) is 18.2 Å². The van der Waals surface area contributed by atoms with Crippen LogP contribution in [0.5, 0.6) is 11.5 Å². The Bertz CT molecular complexity index is 336. The molecule has 0 aromatic heterocycles. The Labute approximate surface area is 103 Å². The van der Waals surface area contributed by atoms with E-state index in [-0.39, 0.29) is 17.6 Å². The van der Waals surface area contributed by atoms with E-state index in [1.54, 1.807) is 12.1 Å². The standard InChI is InChI=1S/C14H22O3/c1-2-3-4-5-12(15)8-6-11-7-9-13(16)14(17)10-11/h7,9-10,12,15-17H,2-6,8H2,1H3. The second-order valence-corrected chi connectivity index (χ2v) is 4.51. The van der Waals surface area contributed by atoms with Gasteiger partial charge in [0.25, 0.3) is 0 Å². The van der Waals surface area contributed by atoms with Gasteiger partial charge in [0.1, 0.15) is 0 Å². The van der Waals surface area contributed by atoms with Crippen LogP contribution in [-0.4, -0.2) is 21.4 Å². The Hall–Kier alpha value is -1.22. The molecule has 0 saturated heterocycles. The Balaban J connectivity index is 2.31. The zero-order valence-corrected chi connectivity index (χ0v) is 10.4. The second-order valence-electron chi connectivity index (χ2n) is 4.51. The van der Waals surface area contributed by atoms with E-state index in [0.29, 0.717) is 6.42 Å². The van der Waals surface area contributed by atoms with Crippen molar-refractivity contribution in [3.8, 4) is 11.5 Å². The largest absolute Gasteiger partial charge is 0.504 e. The minimum atomic E-state index is -0.266. The monoisotopic (exact) mass is 238 g/mol. The van der Waals surface area contributed by atoms with Gasteiger partial charge in [-0.15, -0.1) is 0 Å². The summed E-state index contributed by atoms with van der Waals surface area (Å²) in [6.45, 7) is 2.14. The molecule has 0 aliphatic carbocycles. The fourth-order valence-electron chi connectivity index (χ4n) is 1.83. The summed E-state index contributed by atoms with van der Waals surface area (Å²) < 4.78 is 0. The number of benzene rings is 1. The van der Waals surface area contributed by atoms with Crippen LogP contribution in [-0.2, 0) is 6.42 Å². The lowest BCUT2D eigenvalue weighted by atomic mass is 10.0. The van der Waals surface area contributed by atoms with E-state index in [1.807, 2.05) is 0 Å². The van der Waals surface area contributed by atoms with Crippen molar-refractivity contribution >= 4 is 0 Å². The molecule has 1 unspecified atom stereocenters. The molecular weight excluding hydrogens is 216 g/mol. The van der Waals surface area contributed by atoms with Crippen molar-refractivity contribution in [3.63, 3.8) is 0 Å². The molecule has 0 aliphatic heterocycles. The maximum absolute atomic E-state index is 9.75. The summed E-state index contributed by atoms with van der Waals surface area (Å²) in [6, 6.07) is 4.80. The van der Waals surface area contributed by atoms with E-state index in [9.17, 15) is 10.2 Å². The molecule has 0 saturated carbocycles. The highest BCUT2D eigenvalue weighted by Crippen LogP contribution is 2.25. The molecule has 0 amide bonds. The Morgan fingerprint density at radius 1 is 1.06 bits per heavy atom. The predicted molar refractivity (Wildman–Crippen MR) is 68.2 cm³/mol. The molecule has 17 heavy (non-hydrogen) atoms. The summed E-state index contributed by atoms with van der Waals surface area (Å²) >= 11 is 0. The molecule has 0 spiro atoms. The van der Waals surface area contributed by atoms with E-state index in [0.717, 1.165) is 31.2 Å². The predicted octanol–water partition coefficient (Wildman–Crippen LogP) is 2.97. The number of phenols is 2. The summed E-state index contributed by atoms with van der Waals surface area (Å²) in [6.07, 6.45) is 5.40. The van der Waals surface area contributed by atoms with Crippen LogP contribution in [0.4, 0.5) is 0 Å². The van der Waals surface area contributed by atoms with Crippen molar-refractivity contribution in [1.29, 1.82) is 0 Å². The van der Waals surface area contributed by atoms with Gasteiger partial charge in [-0.2, -0.15) is 0 Å². The third kappa shape index (κ3) is 5.09. The highest BCUT2D eigenvalue weighted by Gasteiger charge is 2.06. The molecule has 1 aromatic rings. The SMILES string of the molecule is CCCCCC(O)CCc1ccc(O)c(O)c1. The van der Waals surface area contributed by atoms with Crippen molar-refractivity contribution in [3.05, 3.63) is 23.8 Å². The number of rotatable bonds is 7. The summed E-state index contributed by atoms with van der Waals surface area (Å²) in [7, 11) is 0.